The van der Waals surface area contributed by atoms with E-state index in [-0.39, 0.29) is 5.41 Å². The van der Waals surface area contributed by atoms with Crippen molar-refractivity contribution in [2.45, 2.75) is 26.2 Å². The Kier molecular flexibility index (Phi) is 3.70. The normalized spacial score (nSPS) is 11.6. The smallest absolute Gasteiger partial charge is 0.170 e. The van der Waals surface area contributed by atoms with Crippen molar-refractivity contribution in [2.75, 3.05) is 0 Å². The Hall–Kier alpha value is -3.25. The number of nitrogens with zero attached hydrogens (tertiary/aromatic N) is 3. The molecule has 3 nitrogen and oxygen atoms in total. The Balaban J connectivity index is 2.08. The van der Waals surface area contributed by atoms with Crippen LogP contribution in [0, 0.1) is 11.3 Å². The minimum absolute atomic E-state index is 0.00540. The molecule has 0 radical (unpaired) electrons. The summed E-state index contributed by atoms with van der Waals surface area (Å²) in [6.07, 6.45) is 0. The summed E-state index contributed by atoms with van der Waals surface area (Å²) in [6.45, 7) is 6.67. The zero-order chi connectivity index (χ0) is 18.3. The van der Waals surface area contributed by atoms with Crippen molar-refractivity contribution < 1.29 is 0 Å². The van der Waals surface area contributed by atoms with Gasteiger partial charge in [-0.2, -0.15) is 5.26 Å². The van der Waals surface area contributed by atoms with Crippen LogP contribution in [0.15, 0.2) is 60.7 Å². The molecule has 3 heteroatoms. The van der Waals surface area contributed by atoms with E-state index in [4.69, 9.17) is 0 Å². The molecule has 4 rings (SSSR count). The maximum Gasteiger partial charge on any atom is 0.170 e. The number of hydrogen-bond donors (Lipinski definition) is 0. The van der Waals surface area contributed by atoms with Crippen LogP contribution < -0.4 is 0 Å². The number of hydrogen-bond acceptors (Lipinski definition) is 3. The highest BCUT2D eigenvalue weighted by molar-refractivity contribution is 5.99. The number of rotatable bonds is 1. The third-order valence-corrected chi connectivity index (χ3v) is 4.74. The molecule has 0 saturated heterocycles. The van der Waals surface area contributed by atoms with E-state index in [1.165, 1.54) is 16.3 Å². The van der Waals surface area contributed by atoms with E-state index in [2.05, 4.69) is 73.4 Å². The molecule has 0 aliphatic heterocycles. The fourth-order valence-corrected chi connectivity index (χ4v) is 3.47. The van der Waals surface area contributed by atoms with Gasteiger partial charge in [0.25, 0.3) is 0 Å². The molecular weight excluding hydrogens is 318 g/mol. The van der Waals surface area contributed by atoms with Crippen LogP contribution in [0.3, 0.4) is 0 Å². The lowest BCUT2D eigenvalue weighted by atomic mass is 9.82. The van der Waals surface area contributed by atoms with Crippen LogP contribution in [0.25, 0.3) is 32.8 Å². The molecule has 0 unspecified atom stereocenters. The number of aromatic nitrogens is 2. The van der Waals surface area contributed by atoms with Crippen LogP contribution in [-0.4, -0.2) is 10.2 Å². The second kappa shape index (κ2) is 5.93. The molecule has 0 amide bonds. The van der Waals surface area contributed by atoms with Gasteiger partial charge in [-0.25, -0.2) is 0 Å². The quantitative estimate of drug-likeness (QED) is 0.453. The molecule has 26 heavy (non-hydrogen) atoms. The summed E-state index contributed by atoms with van der Waals surface area (Å²) in [4.78, 5) is 0. The van der Waals surface area contributed by atoms with Gasteiger partial charge in [0, 0.05) is 16.3 Å². The van der Waals surface area contributed by atoms with Crippen molar-refractivity contribution in [1.82, 2.24) is 10.2 Å². The minimum Gasteiger partial charge on any atom is -0.191 e. The van der Waals surface area contributed by atoms with Crippen LogP contribution in [0.5, 0.6) is 0 Å². The third kappa shape index (κ3) is 2.60. The van der Waals surface area contributed by atoms with Crippen LogP contribution in [0.4, 0.5) is 0 Å². The highest BCUT2D eigenvalue weighted by atomic mass is 15.1. The lowest BCUT2D eigenvalue weighted by Gasteiger charge is -2.23. The first-order chi connectivity index (χ1) is 12.5. The first-order valence-corrected chi connectivity index (χ1v) is 8.68. The lowest BCUT2D eigenvalue weighted by Crippen LogP contribution is -2.12. The second-order valence-corrected chi connectivity index (χ2v) is 7.55. The van der Waals surface area contributed by atoms with Gasteiger partial charge in [0.1, 0.15) is 11.8 Å². The van der Waals surface area contributed by atoms with Crippen molar-refractivity contribution >= 4 is 21.5 Å². The summed E-state index contributed by atoms with van der Waals surface area (Å²) in [5.74, 6) is 0. The molecule has 1 aromatic heterocycles. The molecule has 4 aromatic rings. The van der Waals surface area contributed by atoms with Gasteiger partial charge in [0.2, 0.25) is 0 Å². The van der Waals surface area contributed by atoms with E-state index in [1.807, 2.05) is 24.3 Å². The summed E-state index contributed by atoms with van der Waals surface area (Å²) in [6, 6.07) is 22.8. The van der Waals surface area contributed by atoms with Crippen molar-refractivity contribution in [1.29, 1.82) is 5.26 Å². The Morgan fingerprint density at radius 1 is 0.808 bits per heavy atom. The molecule has 0 fully saturated rings. The Morgan fingerprint density at radius 3 is 2.15 bits per heavy atom. The molecule has 126 valence electrons. The molecule has 0 aliphatic rings. The van der Waals surface area contributed by atoms with Gasteiger partial charge in [-0.3, -0.25) is 0 Å². The molecule has 0 saturated carbocycles. The van der Waals surface area contributed by atoms with E-state index in [0.717, 1.165) is 22.0 Å². The van der Waals surface area contributed by atoms with Crippen LogP contribution in [0.2, 0.25) is 0 Å². The summed E-state index contributed by atoms with van der Waals surface area (Å²) in [5, 5.41) is 22.1. The van der Waals surface area contributed by atoms with Gasteiger partial charge in [0.15, 0.2) is 5.69 Å². The number of fused-ring (bicyclic) bond motifs is 2. The van der Waals surface area contributed by atoms with Gasteiger partial charge in [-0.1, -0.05) is 69.3 Å². The molecule has 1 heterocycles. The predicted octanol–water partition coefficient (Wildman–Crippen LogP) is 5.62. The summed E-state index contributed by atoms with van der Waals surface area (Å²) >= 11 is 0. The van der Waals surface area contributed by atoms with Crippen molar-refractivity contribution in [3.8, 4) is 17.3 Å². The molecule has 0 spiro atoms. The standard InChI is InChI=1S/C23H19N3/c1-23(2,3)20-13-16(12-15-8-4-5-9-17(15)20)22-19-11-7-6-10-18(19)21(14-24)25-26-22/h4-13H,1-3H3. The van der Waals surface area contributed by atoms with E-state index >= 15 is 0 Å². The average Bonchev–Trinajstić information content (AvgIpc) is 2.65. The average molecular weight is 337 g/mol. The van der Waals surface area contributed by atoms with Crippen LogP contribution >= 0.6 is 0 Å². The predicted molar refractivity (Wildman–Crippen MR) is 106 cm³/mol. The number of benzene rings is 3. The van der Waals surface area contributed by atoms with Gasteiger partial charge < -0.3 is 0 Å². The Labute approximate surface area is 152 Å². The lowest BCUT2D eigenvalue weighted by molar-refractivity contribution is 0.596. The fraction of sp³-hybridized carbons (Fsp3) is 0.174. The Bertz CT molecular complexity index is 1180. The van der Waals surface area contributed by atoms with Crippen LogP contribution in [-0.2, 0) is 5.41 Å². The largest absolute Gasteiger partial charge is 0.191 e. The van der Waals surface area contributed by atoms with Crippen molar-refractivity contribution in [3.05, 3.63) is 71.9 Å². The third-order valence-electron chi connectivity index (χ3n) is 4.74. The van der Waals surface area contributed by atoms with E-state index in [9.17, 15) is 5.26 Å². The Morgan fingerprint density at radius 2 is 1.46 bits per heavy atom. The molecule has 0 atom stereocenters. The van der Waals surface area contributed by atoms with E-state index in [0.29, 0.717) is 5.69 Å². The maximum atomic E-state index is 9.34. The van der Waals surface area contributed by atoms with Crippen molar-refractivity contribution in [3.63, 3.8) is 0 Å². The molecule has 3 aromatic carbocycles. The minimum atomic E-state index is 0.00540. The highest BCUT2D eigenvalue weighted by Crippen LogP contribution is 2.36. The maximum absolute atomic E-state index is 9.34. The zero-order valence-electron chi connectivity index (χ0n) is 15.1. The van der Waals surface area contributed by atoms with E-state index < -0.39 is 0 Å². The second-order valence-electron chi connectivity index (χ2n) is 7.55. The van der Waals surface area contributed by atoms with Gasteiger partial charge >= 0.3 is 0 Å². The SMILES string of the molecule is CC(C)(C)c1cc(-c2nnc(C#N)c3ccccc23)cc2ccccc12. The molecular formula is C23H19N3. The van der Waals surface area contributed by atoms with Gasteiger partial charge in [0.05, 0.1) is 0 Å². The van der Waals surface area contributed by atoms with Crippen LogP contribution in [0.1, 0.15) is 32.0 Å². The van der Waals surface area contributed by atoms with Gasteiger partial charge in [-0.05, 0) is 33.9 Å². The summed E-state index contributed by atoms with van der Waals surface area (Å²) < 4.78 is 0. The molecule has 0 aliphatic carbocycles. The molecule has 0 N–H and O–H groups in total. The molecule has 0 bridgehead atoms. The summed E-state index contributed by atoms with van der Waals surface area (Å²) in [5.41, 5.74) is 3.49. The highest BCUT2D eigenvalue weighted by Gasteiger charge is 2.19. The van der Waals surface area contributed by atoms with E-state index in [1.54, 1.807) is 0 Å². The first-order valence-electron chi connectivity index (χ1n) is 8.68. The summed E-state index contributed by atoms with van der Waals surface area (Å²) in [7, 11) is 0. The first kappa shape index (κ1) is 16.2. The number of nitriles is 1. The fourth-order valence-electron chi connectivity index (χ4n) is 3.47. The zero-order valence-corrected chi connectivity index (χ0v) is 15.1. The topological polar surface area (TPSA) is 49.6 Å². The monoisotopic (exact) mass is 337 g/mol. The van der Waals surface area contributed by atoms with Gasteiger partial charge in [-0.15, -0.1) is 10.2 Å². The van der Waals surface area contributed by atoms with Crippen molar-refractivity contribution in [2.24, 2.45) is 0 Å².